The van der Waals surface area contributed by atoms with Gasteiger partial charge in [-0.2, -0.15) is 13.2 Å². The van der Waals surface area contributed by atoms with Crippen molar-refractivity contribution < 1.29 is 32.3 Å². The molecule has 0 spiro atoms. The van der Waals surface area contributed by atoms with Crippen molar-refractivity contribution in [3.05, 3.63) is 64.7 Å². The number of ether oxygens (including phenoxy) is 1. The maximum absolute atomic E-state index is 13.1. The number of amides is 2. The summed E-state index contributed by atoms with van der Waals surface area (Å²) in [5, 5.41) is 3.82. The van der Waals surface area contributed by atoms with E-state index in [0.717, 1.165) is 19.2 Å². The molecule has 0 radical (unpaired) electrons. The number of nitrogens with two attached hydrogens (primary N) is 1. The van der Waals surface area contributed by atoms with Gasteiger partial charge in [-0.05, 0) is 42.3 Å². The molecule has 7 nitrogen and oxygen atoms in total. The number of carbonyl (C=O) groups excluding carboxylic acids is 3. The number of primary amides is 1. The van der Waals surface area contributed by atoms with Crippen LogP contribution in [0.4, 0.5) is 18.9 Å². The number of anilines is 1. The van der Waals surface area contributed by atoms with Crippen LogP contribution in [0, 0.1) is 0 Å². The molecule has 35 heavy (non-hydrogen) atoms. The van der Waals surface area contributed by atoms with Crippen LogP contribution in [0.1, 0.15) is 28.5 Å². The molecule has 0 aliphatic heterocycles. The zero-order valence-electron chi connectivity index (χ0n) is 18.5. The highest BCUT2D eigenvalue weighted by Gasteiger charge is 2.30. The third-order valence-corrected chi connectivity index (χ3v) is 6.91. The van der Waals surface area contributed by atoms with Gasteiger partial charge in [0.15, 0.2) is 4.34 Å². The summed E-state index contributed by atoms with van der Waals surface area (Å²) in [5.41, 5.74) is 5.62. The molecule has 1 aromatic heterocycles. The Morgan fingerprint density at radius 3 is 2.54 bits per heavy atom. The number of halogens is 3. The number of aromatic nitrogens is 1. The third-order valence-electron chi connectivity index (χ3n) is 4.77. The van der Waals surface area contributed by atoms with Gasteiger partial charge in [0.1, 0.15) is 0 Å². The molecule has 0 saturated carbocycles. The Morgan fingerprint density at radius 1 is 1.17 bits per heavy atom. The molecule has 0 saturated heterocycles. The lowest BCUT2D eigenvalue weighted by Crippen LogP contribution is -2.22. The number of benzene rings is 2. The minimum Gasteiger partial charge on any atom is -0.465 e. The van der Waals surface area contributed by atoms with Crippen molar-refractivity contribution in [1.82, 2.24) is 4.98 Å². The van der Waals surface area contributed by atoms with Crippen LogP contribution in [-0.4, -0.2) is 35.1 Å². The number of hydrogen-bond donors (Lipinski definition) is 2. The van der Waals surface area contributed by atoms with Crippen LogP contribution < -0.4 is 11.1 Å². The molecule has 12 heteroatoms. The number of methoxy groups -OCH3 is 1. The van der Waals surface area contributed by atoms with Crippen LogP contribution in [-0.2, 0) is 26.9 Å². The number of alkyl halides is 3. The summed E-state index contributed by atoms with van der Waals surface area (Å²) < 4.78 is 44.6. The topological polar surface area (TPSA) is 111 Å². The van der Waals surface area contributed by atoms with Gasteiger partial charge in [0, 0.05) is 5.38 Å². The van der Waals surface area contributed by atoms with Crippen molar-refractivity contribution in [1.29, 1.82) is 0 Å². The van der Waals surface area contributed by atoms with Crippen LogP contribution in [0.3, 0.4) is 0 Å². The number of carbonyl (C=O) groups is 3. The summed E-state index contributed by atoms with van der Waals surface area (Å²) in [6.45, 7) is 1.65. The third kappa shape index (κ3) is 6.83. The van der Waals surface area contributed by atoms with Gasteiger partial charge in [-0.25, -0.2) is 9.78 Å². The second-order valence-electron chi connectivity index (χ2n) is 7.32. The quantitative estimate of drug-likeness (QED) is 0.325. The molecule has 184 valence electrons. The molecular formula is C23H20F3N3O4S2. The molecule has 3 aromatic rings. The summed E-state index contributed by atoms with van der Waals surface area (Å²) in [6, 6.07) is 8.98. The molecule has 0 aliphatic carbocycles. The van der Waals surface area contributed by atoms with Crippen molar-refractivity contribution in [3.63, 3.8) is 0 Å². The van der Waals surface area contributed by atoms with E-state index in [9.17, 15) is 27.6 Å². The summed E-state index contributed by atoms with van der Waals surface area (Å²) in [5.74, 6) is -1.71. The predicted molar refractivity (Wildman–Crippen MR) is 127 cm³/mol. The van der Waals surface area contributed by atoms with Crippen LogP contribution >= 0.6 is 23.1 Å². The van der Waals surface area contributed by atoms with E-state index >= 15 is 0 Å². The van der Waals surface area contributed by atoms with E-state index in [-0.39, 0.29) is 23.2 Å². The first-order chi connectivity index (χ1) is 16.5. The summed E-state index contributed by atoms with van der Waals surface area (Å²) in [4.78, 5) is 40.4. The molecule has 1 unspecified atom stereocenters. The number of rotatable bonds is 8. The Hall–Kier alpha value is -3.38. The zero-order valence-corrected chi connectivity index (χ0v) is 20.1. The van der Waals surface area contributed by atoms with Crippen molar-refractivity contribution in [2.75, 3.05) is 12.4 Å². The second kappa shape index (κ2) is 10.9. The number of thiazole rings is 1. The Kier molecular flexibility index (Phi) is 8.18. The molecule has 0 bridgehead atoms. The van der Waals surface area contributed by atoms with E-state index in [0.29, 0.717) is 15.6 Å². The fourth-order valence-corrected chi connectivity index (χ4v) is 4.91. The van der Waals surface area contributed by atoms with Gasteiger partial charge in [0.25, 0.3) is 0 Å². The second-order valence-corrected chi connectivity index (χ2v) is 9.77. The molecule has 2 amide bonds. The fraction of sp³-hybridized carbons (Fsp3) is 0.217. The van der Waals surface area contributed by atoms with Crippen LogP contribution in [0.2, 0.25) is 0 Å². The van der Waals surface area contributed by atoms with E-state index in [1.165, 1.54) is 53.4 Å². The van der Waals surface area contributed by atoms with Crippen LogP contribution in [0.15, 0.2) is 52.2 Å². The smallest absolute Gasteiger partial charge is 0.416 e. The number of nitrogens with one attached hydrogen (secondary N) is 1. The van der Waals surface area contributed by atoms with Crippen molar-refractivity contribution in [2.24, 2.45) is 5.73 Å². The average molecular weight is 524 g/mol. The molecule has 3 rings (SSSR count). The van der Waals surface area contributed by atoms with Gasteiger partial charge >= 0.3 is 12.1 Å². The zero-order chi connectivity index (χ0) is 25.8. The molecular weight excluding hydrogens is 503 g/mol. The van der Waals surface area contributed by atoms with E-state index < -0.39 is 34.8 Å². The predicted octanol–water partition coefficient (Wildman–Crippen LogP) is 4.76. The van der Waals surface area contributed by atoms with Crippen molar-refractivity contribution in [3.8, 4) is 11.1 Å². The lowest BCUT2D eigenvalue weighted by molar-refractivity contribution is -0.137. The SMILES string of the molecule is COC(=O)c1cc(-c2cccc(C(F)(F)F)c2)ccc1NC(=O)Cc1csc(SC(C)C(N)=O)n1. The molecule has 3 N–H and O–H groups in total. The first-order valence-corrected chi connectivity index (χ1v) is 11.8. The van der Waals surface area contributed by atoms with Gasteiger partial charge in [-0.3, -0.25) is 9.59 Å². The van der Waals surface area contributed by atoms with E-state index in [4.69, 9.17) is 10.5 Å². The number of thioether (sulfide) groups is 1. The number of hydrogen-bond acceptors (Lipinski definition) is 7. The van der Waals surface area contributed by atoms with Gasteiger partial charge in [-0.15, -0.1) is 11.3 Å². The number of esters is 1. The van der Waals surface area contributed by atoms with Gasteiger partial charge in [0.05, 0.1) is 41.3 Å². The minimum atomic E-state index is -4.51. The summed E-state index contributed by atoms with van der Waals surface area (Å²) >= 11 is 2.45. The summed E-state index contributed by atoms with van der Waals surface area (Å²) in [7, 11) is 1.16. The first-order valence-electron chi connectivity index (χ1n) is 10.1. The van der Waals surface area contributed by atoms with E-state index in [1.54, 1.807) is 12.3 Å². The lowest BCUT2D eigenvalue weighted by Gasteiger charge is -2.13. The largest absolute Gasteiger partial charge is 0.465 e. The Bertz CT molecular complexity index is 1260. The molecule has 1 atom stereocenters. The normalized spacial score (nSPS) is 12.1. The monoisotopic (exact) mass is 523 g/mol. The molecule has 0 aliphatic rings. The maximum Gasteiger partial charge on any atom is 0.416 e. The highest BCUT2D eigenvalue weighted by atomic mass is 32.2. The lowest BCUT2D eigenvalue weighted by atomic mass is 9.99. The van der Waals surface area contributed by atoms with Gasteiger partial charge in [-0.1, -0.05) is 30.0 Å². The number of nitrogens with zero attached hydrogens (tertiary/aromatic N) is 1. The van der Waals surface area contributed by atoms with Crippen molar-refractivity contribution >= 4 is 46.6 Å². The molecule has 0 fully saturated rings. The van der Waals surface area contributed by atoms with E-state index in [1.807, 2.05) is 0 Å². The maximum atomic E-state index is 13.1. The van der Waals surface area contributed by atoms with E-state index in [2.05, 4.69) is 10.3 Å². The fourth-order valence-electron chi connectivity index (χ4n) is 2.98. The summed E-state index contributed by atoms with van der Waals surface area (Å²) in [6.07, 6.45) is -4.61. The Balaban J connectivity index is 1.80. The van der Waals surface area contributed by atoms with Gasteiger partial charge in [0.2, 0.25) is 11.8 Å². The Labute approximate surface area is 206 Å². The van der Waals surface area contributed by atoms with Crippen LogP contribution in [0.5, 0.6) is 0 Å². The standard InChI is InChI=1S/C23H20F3N3O4S2/c1-12(20(27)31)35-22-28-16(11-34-22)10-19(30)29-18-7-6-14(9-17(18)21(32)33-2)13-4-3-5-15(8-13)23(24,25)26/h3-9,11-12H,10H2,1-2H3,(H2,27,31)(H,29,30). The van der Waals surface area contributed by atoms with Gasteiger partial charge < -0.3 is 15.8 Å². The highest BCUT2D eigenvalue weighted by molar-refractivity contribution is 8.02. The highest BCUT2D eigenvalue weighted by Crippen LogP contribution is 2.33. The van der Waals surface area contributed by atoms with Crippen molar-refractivity contribution in [2.45, 2.75) is 29.1 Å². The first kappa shape index (κ1) is 26.2. The minimum absolute atomic E-state index is 0.0134. The Morgan fingerprint density at radius 2 is 1.89 bits per heavy atom. The van der Waals surface area contributed by atoms with Crippen LogP contribution in [0.25, 0.3) is 11.1 Å². The average Bonchev–Trinajstić information content (AvgIpc) is 3.24. The molecule has 2 aromatic carbocycles. The molecule has 1 heterocycles.